The van der Waals surface area contributed by atoms with E-state index in [4.69, 9.17) is 4.42 Å². The average Bonchev–Trinajstić information content (AvgIpc) is 3.45. The van der Waals surface area contributed by atoms with E-state index >= 15 is 0 Å². The monoisotopic (exact) mass is 453 g/mol. The first-order valence-corrected chi connectivity index (χ1v) is 11.0. The minimum atomic E-state index is -0.845. The summed E-state index contributed by atoms with van der Waals surface area (Å²) in [6, 6.07) is 13.7. The van der Waals surface area contributed by atoms with E-state index in [1.54, 1.807) is 30.5 Å². The molecule has 3 aromatic heterocycles. The van der Waals surface area contributed by atoms with Crippen LogP contribution in [0, 0.1) is 11.6 Å². The number of hydrogen-bond acceptors (Lipinski definition) is 6. The highest BCUT2D eigenvalue weighted by atomic mass is 32.2. The lowest BCUT2D eigenvalue weighted by Gasteiger charge is -2.13. The molecule has 0 atom stereocenters. The van der Waals surface area contributed by atoms with Crippen molar-refractivity contribution in [1.82, 2.24) is 14.5 Å². The lowest BCUT2D eigenvalue weighted by Crippen LogP contribution is -2.22. The van der Waals surface area contributed by atoms with E-state index in [0.29, 0.717) is 28.2 Å². The number of thioether (sulfide) groups is 1. The summed E-state index contributed by atoms with van der Waals surface area (Å²) in [6.45, 7) is 0. The van der Waals surface area contributed by atoms with Gasteiger partial charge >= 0.3 is 0 Å². The highest BCUT2D eigenvalue weighted by Crippen LogP contribution is 2.28. The Labute approximate surface area is 183 Å². The van der Waals surface area contributed by atoms with Crippen molar-refractivity contribution in [3.05, 3.63) is 93.9 Å². The highest BCUT2D eigenvalue weighted by molar-refractivity contribution is 7.98. The van der Waals surface area contributed by atoms with Gasteiger partial charge in [-0.3, -0.25) is 9.36 Å². The Morgan fingerprint density at radius 2 is 1.94 bits per heavy atom. The van der Waals surface area contributed by atoms with Gasteiger partial charge in [0, 0.05) is 11.8 Å². The Balaban J connectivity index is 1.56. The van der Waals surface area contributed by atoms with Crippen LogP contribution in [0.25, 0.3) is 27.4 Å². The van der Waals surface area contributed by atoms with Crippen molar-refractivity contribution in [3.8, 4) is 16.5 Å². The van der Waals surface area contributed by atoms with Gasteiger partial charge in [0.25, 0.3) is 5.56 Å². The molecule has 9 heteroatoms. The molecule has 5 nitrogen and oxygen atoms in total. The van der Waals surface area contributed by atoms with Crippen molar-refractivity contribution < 1.29 is 13.2 Å². The third kappa shape index (κ3) is 3.77. The quantitative estimate of drug-likeness (QED) is 0.253. The van der Waals surface area contributed by atoms with Crippen LogP contribution in [0.4, 0.5) is 8.78 Å². The predicted octanol–water partition coefficient (Wildman–Crippen LogP) is 5.67. The Bertz CT molecular complexity index is 1450. The Morgan fingerprint density at radius 3 is 2.74 bits per heavy atom. The van der Waals surface area contributed by atoms with Gasteiger partial charge in [-0.25, -0.2) is 18.7 Å². The summed E-state index contributed by atoms with van der Waals surface area (Å²) in [5.74, 6) is -0.704. The number of thiophene rings is 1. The number of fused-ring (bicyclic) bond motifs is 1. The Kier molecular flexibility index (Phi) is 5.13. The largest absolute Gasteiger partial charge is 0.444 e. The molecule has 0 spiro atoms. The molecule has 0 N–H and O–H groups in total. The van der Waals surface area contributed by atoms with Gasteiger partial charge < -0.3 is 4.42 Å². The molecule has 2 aromatic carbocycles. The molecule has 0 saturated heterocycles. The lowest BCUT2D eigenvalue weighted by atomic mass is 10.2. The van der Waals surface area contributed by atoms with Crippen LogP contribution >= 0.6 is 23.1 Å². The second kappa shape index (κ2) is 8.09. The molecule has 0 unspecified atom stereocenters. The molecule has 0 saturated carbocycles. The first-order valence-electron chi connectivity index (χ1n) is 9.18. The van der Waals surface area contributed by atoms with Gasteiger partial charge in [0.2, 0.25) is 5.89 Å². The number of para-hydroxylation sites is 1. The molecule has 5 aromatic rings. The molecule has 3 heterocycles. The molecule has 31 heavy (non-hydrogen) atoms. The maximum absolute atomic E-state index is 14.6. The third-order valence-corrected chi connectivity index (χ3v) is 6.36. The molecule has 0 bridgehead atoms. The second-order valence-corrected chi connectivity index (χ2v) is 8.45. The van der Waals surface area contributed by atoms with Gasteiger partial charge in [0.1, 0.15) is 17.9 Å². The van der Waals surface area contributed by atoms with E-state index in [-0.39, 0.29) is 10.8 Å². The van der Waals surface area contributed by atoms with Gasteiger partial charge in [-0.05, 0) is 35.7 Å². The van der Waals surface area contributed by atoms with E-state index in [9.17, 15) is 13.6 Å². The summed E-state index contributed by atoms with van der Waals surface area (Å²) in [5.41, 5.74) is 0.653. The number of benzene rings is 2. The SMILES string of the molecule is O=c1c2ccccc2nc(SCc2coc(-c3cccs3)n2)n1-c1ccc(F)cc1F. The zero-order valence-electron chi connectivity index (χ0n) is 15.8. The van der Waals surface area contributed by atoms with Gasteiger partial charge in [-0.2, -0.15) is 0 Å². The summed E-state index contributed by atoms with van der Waals surface area (Å²) in [6.07, 6.45) is 1.55. The molecule has 0 aliphatic carbocycles. The molecule has 0 aliphatic rings. The van der Waals surface area contributed by atoms with Crippen molar-refractivity contribution in [2.75, 3.05) is 0 Å². The fourth-order valence-electron chi connectivity index (χ4n) is 3.11. The number of oxazole rings is 1. The molecule has 0 aliphatic heterocycles. The maximum Gasteiger partial charge on any atom is 0.266 e. The van der Waals surface area contributed by atoms with Crippen molar-refractivity contribution in [1.29, 1.82) is 0 Å². The second-order valence-electron chi connectivity index (χ2n) is 6.56. The van der Waals surface area contributed by atoms with Gasteiger partial charge in [-0.15, -0.1) is 11.3 Å². The van der Waals surface area contributed by atoms with E-state index in [1.807, 2.05) is 17.5 Å². The van der Waals surface area contributed by atoms with Crippen LogP contribution in [0.5, 0.6) is 0 Å². The first-order chi connectivity index (χ1) is 15.1. The van der Waals surface area contributed by atoms with E-state index < -0.39 is 17.2 Å². The van der Waals surface area contributed by atoms with Crippen LogP contribution in [0.1, 0.15) is 5.69 Å². The molecular formula is C22H13F2N3O2S2. The van der Waals surface area contributed by atoms with Gasteiger partial charge in [-0.1, -0.05) is 30.0 Å². The first kappa shape index (κ1) is 19.7. The molecule has 0 radical (unpaired) electrons. The van der Waals surface area contributed by atoms with Crippen molar-refractivity contribution in [2.24, 2.45) is 0 Å². The summed E-state index contributed by atoms with van der Waals surface area (Å²) < 4.78 is 34.7. The summed E-state index contributed by atoms with van der Waals surface area (Å²) in [5, 5.41) is 2.55. The zero-order chi connectivity index (χ0) is 21.4. The highest BCUT2D eigenvalue weighted by Gasteiger charge is 2.17. The molecule has 5 rings (SSSR count). The molecule has 0 amide bonds. The summed E-state index contributed by atoms with van der Waals surface area (Å²) in [4.78, 5) is 23.1. The average molecular weight is 453 g/mol. The zero-order valence-corrected chi connectivity index (χ0v) is 17.4. The minimum Gasteiger partial charge on any atom is -0.444 e. The molecular weight excluding hydrogens is 440 g/mol. The van der Waals surface area contributed by atoms with Crippen LogP contribution in [0.2, 0.25) is 0 Å². The van der Waals surface area contributed by atoms with Crippen LogP contribution in [-0.4, -0.2) is 14.5 Å². The normalized spacial score (nSPS) is 11.3. The Morgan fingerprint density at radius 1 is 1.06 bits per heavy atom. The molecule has 154 valence electrons. The van der Waals surface area contributed by atoms with Crippen molar-refractivity contribution in [3.63, 3.8) is 0 Å². The van der Waals surface area contributed by atoms with Crippen molar-refractivity contribution >= 4 is 34.0 Å². The van der Waals surface area contributed by atoms with Crippen LogP contribution in [-0.2, 0) is 5.75 Å². The van der Waals surface area contributed by atoms with Crippen LogP contribution in [0.3, 0.4) is 0 Å². The third-order valence-electron chi connectivity index (χ3n) is 4.53. The van der Waals surface area contributed by atoms with E-state index in [2.05, 4.69) is 9.97 Å². The fourth-order valence-corrected chi connectivity index (χ4v) is 4.65. The summed E-state index contributed by atoms with van der Waals surface area (Å²) in [7, 11) is 0. The maximum atomic E-state index is 14.6. The number of halogens is 2. The molecule has 0 fully saturated rings. The smallest absolute Gasteiger partial charge is 0.266 e. The number of aromatic nitrogens is 3. The van der Waals surface area contributed by atoms with Crippen molar-refractivity contribution in [2.45, 2.75) is 10.9 Å². The lowest BCUT2D eigenvalue weighted by molar-refractivity contribution is 0.572. The fraction of sp³-hybridized carbons (Fsp3) is 0.0455. The van der Waals surface area contributed by atoms with Crippen LogP contribution in [0.15, 0.2) is 80.6 Å². The summed E-state index contributed by atoms with van der Waals surface area (Å²) >= 11 is 2.74. The minimum absolute atomic E-state index is 0.0634. The van der Waals surface area contributed by atoms with E-state index in [1.165, 1.54) is 33.7 Å². The number of hydrogen-bond donors (Lipinski definition) is 0. The Hall–Kier alpha value is -3.30. The van der Waals surface area contributed by atoms with Gasteiger partial charge in [0.15, 0.2) is 5.16 Å². The van der Waals surface area contributed by atoms with Crippen LogP contribution < -0.4 is 5.56 Å². The predicted molar refractivity (Wildman–Crippen MR) is 117 cm³/mol. The number of nitrogens with zero attached hydrogens (tertiary/aromatic N) is 3. The van der Waals surface area contributed by atoms with Gasteiger partial charge in [0.05, 0.1) is 27.2 Å². The number of rotatable bonds is 5. The topological polar surface area (TPSA) is 60.9 Å². The van der Waals surface area contributed by atoms with E-state index in [0.717, 1.165) is 17.0 Å². The standard InChI is InChI=1S/C22H13F2N3O2S2/c23-13-7-8-18(16(24)10-13)27-21(28)15-4-1-2-5-17(15)26-22(27)31-12-14-11-29-20(25-14)19-6-3-9-30-19/h1-11H,12H2.